The summed E-state index contributed by atoms with van der Waals surface area (Å²) in [5.41, 5.74) is 5.05. The molecule has 1 aromatic heterocycles. The number of aromatic nitrogens is 1. The van der Waals surface area contributed by atoms with Gasteiger partial charge in [-0.05, 0) is 75.4 Å². The van der Waals surface area contributed by atoms with Gasteiger partial charge in [-0.2, -0.15) is 0 Å². The number of pyridine rings is 1. The zero-order valence-electron chi connectivity index (χ0n) is 15.2. The van der Waals surface area contributed by atoms with Crippen LogP contribution in [0.15, 0.2) is 36.7 Å². The third-order valence-electron chi connectivity index (χ3n) is 4.23. The zero-order valence-corrected chi connectivity index (χ0v) is 15.2. The smallest absolute Gasteiger partial charge is 0.412 e. The third kappa shape index (κ3) is 4.29. The molecule has 1 aliphatic carbocycles. The Labute approximate surface area is 148 Å². The van der Waals surface area contributed by atoms with E-state index < -0.39 is 11.7 Å². The largest absolute Gasteiger partial charge is 0.444 e. The van der Waals surface area contributed by atoms with Gasteiger partial charge in [-0.25, -0.2) is 4.79 Å². The van der Waals surface area contributed by atoms with Gasteiger partial charge < -0.3 is 10.1 Å². The summed E-state index contributed by atoms with van der Waals surface area (Å²) < 4.78 is 5.30. The first kappa shape index (κ1) is 17.3. The Morgan fingerprint density at radius 1 is 1.28 bits per heavy atom. The molecule has 1 heterocycles. The maximum absolute atomic E-state index is 11.9. The number of fused-ring (bicyclic) bond motifs is 1. The van der Waals surface area contributed by atoms with Gasteiger partial charge in [-0.1, -0.05) is 6.07 Å². The molecule has 0 bridgehead atoms. The number of carbonyl (C=O) groups excluding carboxylic acids is 1. The lowest BCUT2D eigenvalue weighted by atomic mass is 10.1. The average Bonchev–Trinajstić information content (AvgIpc) is 2.90. The highest BCUT2D eigenvalue weighted by Gasteiger charge is 2.23. The van der Waals surface area contributed by atoms with Crippen molar-refractivity contribution >= 4 is 17.5 Å². The number of amides is 1. The van der Waals surface area contributed by atoms with Gasteiger partial charge in [0, 0.05) is 11.9 Å². The Hall–Kier alpha value is -2.56. The summed E-state index contributed by atoms with van der Waals surface area (Å²) in [6.07, 6.45) is 5.25. The van der Waals surface area contributed by atoms with Crippen molar-refractivity contribution in [2.45, 2.75) is 52.2 Å². The third-order valence-corrected chi connectivity index (χ3v) is 4.23. The normalized spacial score (nSPS) is 16.2. The first-order valence-corrected chi connectivity index (χ1v) is 8.62. The average molecular weight is 339 g/mol. The molecule has 1 atom stereocenters. The second kappa shape index (κ2) is 6.75. The van der Waals surface area contributed by atoms with E-state index in [2.05, 4.69) is 28.6 Å². The van der Waals surface area contributed by atoms with Crippen LogP contribution in [0, 0.1) is 6.92 Å². The summed E-state index contributed by atoms with van der Waals surface area (Å²) in [5, 5.41) is 6.39. The van der Waals surface area contributed by atoms with Crippen molar-refractivity contribution in [2.75, 3.05) is 10.6 Å². The minimum absolute atomic E-state index is 0.272. The Bertz CT molecular complexity index is 781. The number of hydrogen-bond donors (Lipinski definition) is 2. The summed E-state index contributed by atoms with van der Waals surface area (Å²) >= 11 is 0. The van der Waals surface area contributed by atoms with Gasteiger partial charge in [-0.15, -0.1) is 0 Å². The molecule has 0 saturated carbocycles. The Kier molecular flexibility index (Phi) is 4.66. The molecule has 5 heteroatoms. The predicted octanol–water partition coefficient (Wildman–Crippen LogP) is 4.84. The van der Waals surface area contributed by atoms with E-state index in [0.29, 0.717) is 0 Å². The molecule has 0 aliphatic heterocycles. The van der Waals surface area contributed by atoms with Crippen molar-refractivity contribution < 1.29 is 9.53 Å². The lowest BCUT2D eigenvalue weighted by molar-refractivity contribution is 0.0636. The molecule has 1 aliphatic rings. The van der Waals surface area contributed by atoms with Crippen LogP contribution in [-0.4, -0.2) is 16.7 Å². The number of nitrogens with zero attached hydrogens (tertiary/aromatic N) is 1. The van der Waals surface area contributed by atoms with Gasteiger partial charge in [0.1, 0.15) is 5.60 Å². The molecule has 1 amide bonds. The van der Waals surface area contributed by atoms with Gasteiger partial charge in [0.25, 0.3) is 0 Å². The maximum atomic E-state index is 11.9. The predicted molar refractivity (Wildman–Crippen MR) is 100.0 cm³/mol. The van der Waals surface area contributed by atoms with E-state index >= 15 is 0 Å². The van der Waals surface area contributed by atoms with Crippen LogP contribution >= 0.6 is 0 Å². The fourth-order valence-electron chi connectivity index (χ4n) is 3.07. The maximum Gasteiger partial charge on any atom is 0.412 e. The number of aryl methyl sites for hydroxylation is 2. The van der Waals surface area contributed by atoms with Crippen LogP contribution < -0.4 is 10.6 Å². The molecule has 5 nitrogen and oxygen atoms in total. The molecule has 3 rings (SSSR count). The van der Waals surface area contributed by atoms with Crippen LogP contribution in [0.2, 0.25) is 0 Å². The minimum atomic E-state index is -0.503. The molecule has 2 aromatic rings. The summed E-state index contributed by atoms with van der Waals surface area (Å²) in [6.45, 7) is 7.64. The molecule has 25 heavy (non-hydrogen) atoms. The molecule has 0 spiro atoms. The molecular formula is C20H25N3O2. The monoisotopic (exact) mass is 339 g/mol. The number of hydrogen-bond acceptors (Lipinski definition) is 4. The number of carbonyl (C=O) groups is 1. The summed E-state index contributed by atoms with van der Waals surface area (Å²) in [7, 11) is 0. The molecule has 1 unspecified atom stereocenters. The Morgan fingerprint density at radius 2 is 2.08 bits per heavy atom. The molecule has 2 N–H and O–H groups in total. The first-order chi connectivity index (χ1) is 11.8. The van der Waals surface area contributed by atoms with Crippen molar-refractivity contribution in [2.24, 2.45) is 0 Å². The van der Waals surface area contributed by atoms with Crippen LogP contribution in [0.1, 0.15) is 49.9 Å². The highest BCUT2D eigenvalue weighted by Crippen LogP contribution is 2.35. The fourth-order valence-corrected chi connectivity index (χ4v) is 3.07. The SMILES string of the molecule is Cc1ccncc1NC1CCc2cc(NC(=O)OC(C)(C)C)ccc21. The highest BCUT2D eigenvalue weighted by atomic mass is 16.6. The van der Waals surface area contributed by atoms with Gasteiger partial charge in [0.05, 0.1) is 17.9 Å². The van der Waals surface area contributed by atoms with Crippen LogP contribution in [0.3, 0.4) is 0 Å². The number of anilines is 2. The highest BCUT2D eigenvalue weighted by molar-refractivity contribution is 5.85. The molecule has 0 fully saturated rings. The van der Waals surface area contributed by atoms with Gasteiger partial charge in [0.15, 0.2) is 0 Å². The van der Waals surface area contributed by atoms with Gasteiger partial charge in [-0.3, -0.25) is 10.3 Å². The second-order valence-corrected chi connectivity index (χ2v) is 7.47. The zero-order chi connectivity index (χ0) is 18.0. The number of benzene rings is 1. The Balaban J connectivity index is 1.70. The second-order valence-electron chi connectivity index (χ2n) is 7.47. The van der Waals surface area contributed by atoms with E-state index in [-0.39, 0.29) is 6.04 Å². The summed E-state index contributed by atoms with van der Waals surface area (Å²) in [5.74, 6) is 0. The molecule has 0 saturated heterocycles. The summed E-state index contributed by atoms with van der Waals surface area (Å²) in [6, 6.07) is 8.33. The quantitative estimate of drug-likeness (QED) is 0.840. The number of ether oxygens (including phenoxy) is 1. The van der Waals surface area contributed by atoms with Crippen molar-refractivity contribution in [1.82, 2.24) is 4.98 Å². The van der Waals surface area contributed by atoms with E-state index in [1.807, 2.05) is 45.2 Å². The lowest BCUT2D eigenvalue weighted by Crippen LogP contribution is -2.27. The first-order valence-electron chi connectivity index (χ1n) is 8.62. The van der Waals surface area contributed by atoms with E-state index in [9.17, 15) is 4.79 Å². The fraction of sp³-hybridized carbons (Fsp3) is 0.400. The van der Waals surface area contributed by atoms with Crippen LogP contribution in [-0.2, 0) is 11.2 Å². The van der Waals surface area contributed by atoms with E-state index in [1.165, 1.54) is 16.7 Å². The van der Waals surface area contributed by atoms with Crippen molar-refractivity contribution in [1.29, 1.82) is 0 Å². The number of rotatable bonds is 3. The van der Waals surface area contributed by atoms with Crippen LogP contribution in [0.5, 0.6) is 0 Å². The van der Waals surface area contributed by atoms with Crippen LogP contribution in [0.25, 0.3) is 0 Å². The van der Waals surface area contributed by atoms with Crippen molar-refractivity contribution in [3.05, 3.63) is 53.3 Å². The van der Waals surface area contributed by atoms with Gasteiger partial charge in [0.2, 0.25) is 0 Å². The Morgan fingerprint density at radius 3 is 2.80 bits per heavy atom. The van der Waals surface area contributed by atoms with Crippen molar-refractivity contribution in [3.63, 3.8) is 0 Å². The van der Waals surface area contributed by atoms with E-state index in [0.717, 1.165) is 24.2 Å². The molecule has 0 radical (unpaired) electrons. The summed E-state index contributed by atoms with van der Waals surface area (Å²) in [4.78, 5) is 16.1. The number of nitrogens with one attached hydrogen (secondary N) is 2. The minimum Gasteiger partial charge on any atom is -0.444 e. The van der Waals surface area contributed by atoms with E-state index in [4.69, 9.17) is 4.74 Å². The lowest BCUT2D eigenvalue weighted by Gasteiger charge is -2.20. The van der Waals surface area contributed by atoms with Crippen molar-refractivity contribution in [3.8, 4) is 0 Å². The molecule has 132 valence electrons. The van der Waals surface area contributed by atoms with Crippen LogP contribution in [0.4, 0.5) is 16.2 Å². The molecule has 1 aromatic carbocycles. The topological polar surface area (TPSA) is 63.2 Å². The standard InChI is InChI=1S/C20H25N3O2/c1-13-9-10-21-12-18(13)23-17-8-5-14-11-15(6-7-16(14)17)22-19(24)25-20(2,3)4/h6-7,9-12,17,23H,5,8H2,1-4H3,(H,22,24). The van der Waals surface area contributed by atoms with Gasteiger partial charge >= 0.3 is 6.09 Å². The molecular weight excluding hydrogens is 314 g/mol. The van der Waals surface area contributed by atoms with E-state index in [1.54, 1.807) is 6.20 Å².